The van der Waals surface area contributed by atoms with Gasteiger partial charge in [0.2, 0.25) is 0 Å². The van der Waals surface area contributed by atoms with E-state index in [9.17, 15) is 0 Å². The van der Waals surface area contributed by atoms with Gasteiger partial charge in [-0.15, -0.1) is 0 Å². The molecule has 0 radical (unpaired) electrons. The van der Waals surface area contributed by atoms with E-state index in [1.54, 1.807) is 0 Å². The molecule has 2 heteroatoms. The minimum atomic E-state index is 0.269. The van der Waals surface area contributed by atoms with Crippen molar-refractivity contribution in [3.05, 3.63) is 29.3 Å². The van der Waals surface area contributed by atoms with Gasteiger partial charge in [-0.3, -0.25) is 0 Å². The van der Waals surface area contributed by atoms with Gasteiger partial charge in [-0.2, -0.15) is 0 Å². The van der Waals surface area contributed by atoms with E-state index in [2.05, 4.69) is 57.8 Å². The first-order valence-electron chi connectivity index (χ1n) is 6.49. The number of aryl methyl sites for hydroxylation is 1. The summed E-state index contributed by atoms with van der Waals surface area (Å²) in [6.45, 7) is 9.71. The molecule has 1 atom stereocenters. The summed E-state index contributed by atoms with van der Waals surface area (Å²) in [4.78, 5) is 2.31. The van der Waals surface area contributed by atoms with E-state index in [-0.39, 0.29) is 6.04 Å². The molecule has 0 aliphatic carbocycles. The van der Waals surface area contributed by atoms with Gasteiger partial charge in [-0.25, -0.2) is 0 Å². The number of rotatable bonds is 5. The van der Waals surface area contributed by atoms with Crippen molar-refractivity contribution in [2.24, 2.45) is 5.73 Å². The van der Waals surface area contributed by atoms with Gasteiger partial charge in [-0.1, -0.05) is 26.0 Å². The number of benzene rings is 1. The first-order valence-corrected chi connectivity index (χ1v) is 6.49. The van der Waals surface area contributed by atoms with Crippen LogP contribution in [0, 0.1) is 6.92 Å². The van der Waals surface area contributed by atoms with E-state index in [4.69, 9.17) is 5.73 Å². The van der Waals surface area contributed by atoms with Gasteiger partial charge in [0.1, 0.15) is 0 Å². The van der Waals surface area contributed by atoms with Crippen LogP contribution in [0.25, 0.3) is 0 Å². The number of hydrogen-bond acceptors (Lipinski definition) is 2. The highest BCUT2D eigenvalue weighted by atomic mass is 15.1. The first kappa shape index (κ1) is 14.0. The topological polar surface area (TPSA) is 29.3 Å². The lowest BCUT2D eigenvalue weighted by molar-refractivity contribution is 0.658. The Morgan fingerprint density at radius 1 is 1.24 bits per heavy atom. The van der Waals surface area contributed by atoms with Crippen molar-refractivity contribution in [3.63, 3.8) is 0 Å². The Labute approximate surface area is 106 Å². The molecule has 0 aliphatic heterocycles. The Hall–Kier alpha value is -1.02. The smallest absolute Gasteiger partial charge is 0.0396 e. The molecule has 0 saturated heterocycles. The molecule has 0 heterocycles. The van der Waals surface area contributed by atoms with Gasteiger partial charge in [0.15, 0.2) is 0 Å². The van der Waals surface area contributed by atoms with E-state index in [0.717, 1.165) is 13.0 Å². The average molecular weight is 234 g/mol. The van der Waals surface area contributed by atoms with Gasteiger partial charge in [-0.05, 0) is 43.4 Å². The average Bonchev–Trinajstić information content (AvgIpc) is 2.26. The zero-order valence-electron chi connectivity index (χ0n) is 11.8. The summed E-state index contributed by atoms with van der Waals surface area (Å²) in [6, 6.07) is 7.02. The van der Waals surface area contributed by atoms with Gasteiger partial charge < -0.3 is 10.6 Å². The van der Waals surface area contributed by atoms with Crippen molar-refractivity contribution >= 4 is 5.69 Å². The third-order valence-corrected chi connectivity index (χ3v) is 3.23. The van der Waals surface area contributed by atoms with Crippen molar-refractivity contribution in [2.75, 3.05) is 18.5 Å². The molecule has 2 N–H and O–H groups in total. The van der Waals surface area contributed by atoms with Gasteiger partial charge in [0.05, 0.1) is 0 Å². The lowest BCUT2D eigenvalue weighted by Gasteiger charge is -2.23. The van der Waals surface area contributed by atoms with Gasteiger partial charge in [0.25, 0.3) is 0 Å². The first-order chi connectivity index (χ1) is 7.91. The molecule has 1 aromatic rings. The molecule has 0 saturated carbocycles. The van der Waals surface area contributed by atoms with E-state index in [1.807, 2.05) is 0 Å². The molecule has 1 unspecified atom stereocenters. The third kappa shape index (κ3) is 4.04. The lowest BCUT2D eigenvalue weighted by atomic mass is 10.00. The minimum Gasteiger partial charge on any atom is -0.374 e. The predicted molar refractivity (Wildman–Crippen MR) is 76.8 cm³/mol. The maximum atomic E-state index is 5.81. The second kappa shape index (κ2) is 6.06. The summed E-state index contributed by atoms with van der Waals surface area (Å²) in [5.41, 5.74) is 9.87. The molecule has 0 spiro atoms. The fourth-order valence-electron chi connectivity index (χ4n) is 1.91. The van der Waals surface area contributed by atoms with Crippen molar-refractivity contribution < 1.29 is 0 Å². The molecule has 0 aromatic heterocycles. The summed E-state index contributed by atoms with van der Waals surface area (Å²) in [5, 5.41) is 0. The highest BCUT2D eigenvalue weighted by Crippen LogP contribution is 2.25. The van der Waals surface area contributed by atoms with Gasteiger partial charge >= 0.3 is 0 Å². The molecular formula is C15H26N2. The van der Waals surface area contributed by atoms with Crippen LogP contribution in [0.1, 0.15) is 44.2 Å². The minimum absolute atomic E-state index is 0.269. The van der Waals surface area contributed by atoms with Crippen molar-refractivity contribution in [1.82, 2.24) is 0 Å². The van der Waals surface area contributed by atoms with E-state index in [0.29, 0.717) is 5.92 Å². The zero-order chi connectivity index (χ0) is 13.0. The van der Waals surface area contributed by atoms with Crippen molar-refractivity contribution in [1.29, 1.82) is 0 Å². The molecule has 96 valence electrons. The molecule has 0 bridgehead atoms. The Kier molecular flexibility index (Phi) is 5.01. The summed E-state index contributed by atoms with van der Waals surface area (Å²) < 4.78 is 0. The van der Waals surface area contributed by atoms with Crippen LogP contribution in [0.5, 0.6) is 0 Å². The molecule has 0 amide bonds. The van der Waals surface area contributed by atoms with E-state index < -0.39 is 0 Å². The Morgan fingerprint density at radius 2 is 1.88 bits per heavy atom. The maximum absolute atomic E-state index is 5.81. The fraction of sp³-hybridized carbons (Fsp3) is 0.600. The van der Waals surface area contributed by atoms with Crippen LogP contribution >= 0.6 is 0 Å². The zero-order valence-corrected chi connectivity index (χ0v) is 11.8. The van der Waals surface area contributed by atoms with Crippen molar-refractivity contribution in [3.8, 4) is 0 Å². The molecule has 1 rings (SSSR count). The molecular weight excluding hydrogens is 208 g/mol. The quantitative estimate of drug-likeness (QED) is 0.847. The van der Waals surface area contributed by atoms with Crippen LogP contribution in [0.4, 0.5) is 5.69 Å². The lowest BCUT2D eigenvalue weighted by Crippen LogP contribution is -2.26. The van der Waals surface area contributed by atoms with E-state index in [1.165, 1.54) is 16.8 Å². The van der Waals surface area contributed by atoms with Crippen LogP contribution in [0.15, 0.2) is 18.2 Å². The Balaban J connectivity index is 2.84. The van der Waals surface area contributed by atoms with Crippen LogP contribution in [-0.4, -0.2) is 19.6 Å². The summed E-state index contributed by atoms with van der Waals surface area (Å²) in [5.74, 6) is 0.580. The number of anilines is 1. The molecule has 17 heavy (non-hydrogen) atoms. The van der Waals surface area contributed by atoms with Crippen LogP contribution < -0.4 is 10.6 Å². The number of hydrogen-bond donors (Lipinski definition) is 1. The third-order valence-electron chi connectivity index (χ3n) is 3.23. The molecule has 0 aliphatic rings. The summed E-state index contributed by atoms with van der Waals surface area (Å²) in [6.07, 6.45) is 1.03. The second-order valence-corrected chi connectivity index (χ2v) is 5.39. The largest absolute Gasteiger partial charge is 0.374 e. The Morgan fingerprint density at radius 3 is 2.41 bits per heavy atom. The number of nitrogens with zero attached hydrogens (tertiary/aromatic N) is 1. The number of nitrogens with two attached hydrogens (primary N) is 1. The summed E-state index contributed by atoms with van der Waals surface area (Å²) in [7, 11) is 2.15. The summed E-state index contributed by atoms with van der Waals surface area (Å²) >= 11 is 0. The highest BCUT2D eigenvalue weighted by Gasteiger charge is 2.08. The van der Waals surface area contributed by atoms with E-state index >= 15 is 0 Å². The molecule has 0 fully saturated rings. The standard InChI is InChI=1S/C15H26N2/c1-11(2)14-7-6-12(3)15(10-14)17(5)9-8-13(4)16/h6-7,10-11,13H,8-9,16H2,1-5H3. The SMILES string of the molecule is Cc1ccc(C(C)C)cc1N(C)CCC(C)N. The normalized spacial score (nSPS) is 12.9. The Bertz CT molecular complexity index is 356. The second-order valence-electron chi connectivity index (χ2n) is 5.39. The monoisotopic (exact) mass is 234 g/mol. The maximum Gasteiger partial charge on any atom is 0.0396 e. The van der Waals surface area contributed by atoms with Crippen molar-refractivity contribution in [2.45, 2.75) is 46.1 Å². The van der Waals surface area contributed by atoms with Gasteiger partial charge in [0, 0.05) is 25.3 Å². The van der Waals surface area contributed by atoms with Crippen LogP contribution in [0.3, 0.4) is 0 Å². The fourth-order valence-corrected chi connectivity index (χ4v) is 1.91. The molecule has 1 aromatic carbocycles. The molecule has 2 nitrogen and oxygen atoms in total. The predicted octanol–water partition coefficient (Wildman–Crippen LogP) is 3.29. The van der Waals surface area contributed by atoms with Crippen LogP contribution in [0.2, 0.25) is 0 Å². The highest BCUT2D eigenvalue weighted by molar-refractivity contribution is 5.55. The van der Waals surface area contributed by atoms with Crippen LogP contribution in [-0.2, 0) is 0 Å².